The summed E-state index contributed by atoms with van der Waals surface area (Å²) in [5.74, 6) is -1.07. The van der Waals surface area contributed by atoms with Crippen molar-refractivity contribution in [3.63, 3.8) is 0 Å². The number of carbonyl (C=O) groups excluding carboxylic acids is 3. The molecule has 158 valence electrons. The minimum atomic E-state index is -0.497. The van der Waals surface area contributed by atoms with Gasteiger partial charge in [0.25, 0.3) is 5.91 Å². The number of morpholine rings is 1. The molecule has 0 unspecified atom stereocenters. The molecule has 0 spiro atoms. The van der Waals surface area contributed by atoms with Crippen LogP contribution in [-0.4, -0.2) is 89.9 Å². The van der Waals surface area contributed by atoms with Crippen molar-refractivity contribution >= 4 is 28.6 Å². The molecule has 8 nitrogen and oxygen atoms in total. The van der Waals surface area contributed by atoms with E-state index in [0.29, 0.717) is 63.7 Å². The third-order valence-electron chi connectivity index (χ3n) is 5.73. The molecule has 2 fully saturated rings. The Morgan fingerprint density at radius 1 is 0.833 bits per heavy atom. The molecule has 30 heavy (non-hydrogen) atoms. The summed E-state index contributed by atoms with van der Waals surface area (Å²) in [6, 6.07) is 7.87. The Balaban J connectivity index is 1.41. The highest BCUT2D eigenvalue weighted by atomic mass is 16.5. The van der Waals surface area contributed by atoms with Gasteiger partial charge in [-0.1, -0.05) is 12.1 Å². The van der Waals surface area contributed by atoms with Gasteiger partial charge in [-0.3, -0.25) is 19.4 Å². The average molecular weight is 410 g/mol. The fourth-order valence-corrected chi connectivity index (χ4v) is 3.91. The van der Waals surface area contributed by atoms with Crippen molar-refractivity contribution < 1.29 is 19.1 Å². The standard InChI is InChI=1S/C22H26N4O4/c1-15-3-4-17-14-18(16(2)23-19(17)13-15)20(27)24-5-7-25(8-6-24)21(28)22(29)26-9-11-30-12-10-26/h3-4,13-14H,5-12H2,1-2H3. The Morgan fingerprint density at radius 2 is 1.43 bits per heavy atom. The molecule has 3 heterocycles. The van der Waals surface area contributed by atoms with Crippen LogP contribution in [0.5, 0.6) is 0 Å². The van der Waals surface area contributed by atoms with Gasteiger partial charge in [0.05, 0.1) is 30.0 Å². The molecule has 2 saturated heterocycles. The molecule has 2 aliphatic heterocycles. The smallest absolute Gasteiger partial charge is 0.312 e. The van der Waals surface area contributed by atoms with Crippen LogP contribution in [0.25, 0.3) is 10.9 Å². The number of nitrogens with zero attached hydrogens (tertiary/aromatic N) is 4. The summed E-state index contributed by atoms with van der Waals surface area (Å²) < 4.78 is 5.23. The lowest BCUT2D eigenvalue weighted by Crippen LogP contribution is -2.55. The first-order valence-electron chi connectivity index (χ1n) is 10.3. The molecule has 3 amide bonds. The number of aromatic nitrogens is 1. The van der Waals surface area contributed by atoms with Gasteiger partial charge >= 0.3 is 11.8 Å². The van der Waals surface area contributed by atoms with E-state index in [1.54, 1.807) is 4.90 Å². The van der Waals surface area contributed by atoms with Crippen molar-refractivity contribution in [2.45, 2.75) is 13.8 Å². The van der Waals surface area contributed by atoms with E-state index in [1.165, 1.54) is 9.80 Å². The Morgan fingerprint density at radius 3 is 2.10 bits per heavy atom. The number of benzene rings is 1. The number of piperazine rings is 1. The number of ether oxygens (including phenoxy) is 1. The zero-order chi connectivity index (χ0) is 21.3. The van der Waals surface area contributed by atoms with Crippen LogP contribution in [0.15, 0.2) is 24.3 Å². The lowest BCUT2D eigenvalue weighted by atomic mass is 10.1. The van der Waals surface area contributed by atoms with Crippen LogP contribution in [0.1, 0.15) is 21.6 Å². The molecule has 0 N–H and O–H groups in total. The molecule has 8 heteroatoms. The molecule has 0 saturated carbocycles. The number of hydrogen-bond donors (Lipinski definition) is 0. The van der Waals surface area contributed by atoms with E-state index in [0.717, 1.165) is 16.5 Å². The summed E-state index contributed by atoms with van der Waals surface area (Å²) in [5.41, 5.74) is 3.27. The highest BCUT2D eigenvalue weighted by Gasteiger charge is 2.32. The van der Waals surface area contributed by atoms with Crippen LogP contribution in [-0.2, 0) is 14.3 Å². The molecular formula is C22H26N4O4. The fraction of sp³-hybridized carbons (Fsp3) is 0.455. The first-order valence-corrected chi connectivity index (χ1v) is 10.3. The molecule has 1 aromatic carbocycles. The maximum atomic E-state index is 13.1. The summed E-state index contributed by atoms with van der Waals surface area (Å²) in [6.45, 7) is 7.14. The van der Waals surface area contributed by atoms with E-state index in [-0.39, 0.29) is 5.91 Å². The monoisotopic (exact) mass is 410 g/mol. The lowest BCUT2D eigenvalue weighted by molar-refractivity contribution is -0.154. The van der Waals surface area contributed by atoms with Crippen molar-refractivity contribution in [2.24, 2.45) is 0 Å². The van der Waals surface area contributed by atoms with Crippen LogP contribution in [0, 0.1) is 13.8 Å². The van der Waals surface area contributed by atoms with Gasteiger partial charge in [-0.25, -0.2) is 0 Å². The summed E-state index contributed by atoms with van der Waals surface area (Å²) in [6.07, 6.45) is 0. The maximum Gasteiger partial charge on any atom is 0.312 e. The van der Waals surface area contributed by atoms with Gasteiger partial charge < -0.3 is 19.4 Å². The van der Waals surface area contributed by atoms with Gasteiger partial charge in [-0.05, 0) is 31.5 Å². The van der Waals surface area contributed by atoms with Gasteiger partial charge in [0.15, 0.2) is 0 Å². The van der Waals surface area contributed by atoms with E-state index in [9.17, 15) is 14.4 Å². The number of fused-ring (bicyclic) bond motifs is 1. The quantitative estimate of drug-likeness (QED) is 0.655. The Labute approximate surface area is 175 Å². The highest BCUT2D eigenvalue weighted by molar-refractivity contribution is 6.35. The van der Waals surface area contributed by atoms with Crippen molar-refractivity contribution in [2.75, 3.05) is 52.5 Å². The van der Waals surface area contributed by atoms with Gasteiger partial charge in [0.1, 0.15) is 0 Å². The second-order valence-electron chi connectivity index (χ2n) is 7.81. The predicted molar refractivity (Wildman–Crippen MR) is 111 cm³/mol. The zero-order valence-corrected chi connectivity index (χ0v) is 17.4. The van der Waals surface area contributed by atoms with Crippen LogP contribution >= 0.6 is 0 Å². The molecule has 2 aromatic rings. The Bertz CT molecular complexity index is 992. The Hall–Kier alpha value is -3.00. The van der Waals surface area contributed by atoms with Gasteiger partial charge in [-0.2, -0.15) is 0 Å². The summed E-state index contributed by atoms with van der Waals surface area (Å²) >= 11 is 0. The van der Waals surface area contributed by atoms with Crippen LogP contribution in [0.4, 0.5) is 0 Å². The van der Waals surface area contributed by atoms with Gasteiger partial charge in [0.2, 0.25) is 0 Å². The van der Waals surface area contributed by atoms with E-state index in [2.05, 4.69) is 4.98 Å². The van der Waals surface area contributed by atoms with Crippen LogP contribution in [0.2, 0.25) is 0 Å². The minimum absolute atomic E-state index is 0.0888. The molecule has 2 aliphatic rings. The zero-order valence-electron chi connectivity index (χ0n) is 17.4. The minimum Gasteiger partial charge on any atom is -0.378 e. The second-order valence-corrected chi connectivity index (χ2v) is 7.81. The molecule has 0 bridgehead atoms. The van der Waals surface area contributed by atoms with Crippen molar-refractivity contribution in [3.05, 3.63) is 41.1 Å². The van der Waals surface area contributed by atoms with Crippen molar-refractivity contribution in [1.82, 2.24) is 19.7 Å². The fourth-order valence-electron chi connectivity index (χ4n) is 3.91. The van der Waals surface area contributed by atoms with Crippen molar-refractivity contribution in [1.29, 1.82) is 0 Å². The second kappa shape index (κ2) is 8.39. The van der Waals surface area contributed by atoms with Crippen LogP contribution < -0.4 is 0 Å². The van der Waals surface area contributed by atoms with E-state index in [1.807, 2.05) is 38.1 Å². The maximum absolute atomic E-state index is 13.1. The highest BCUT2D eigenvalue weighted by Crippen LogP contribution is 2.20. The first kappa shape index (κ1) is 20.3. The molecule has 0 aliphatic carbocycles. The normalized spacial score (nSPS) is 17.3. The van der Waals surface area contributed by atoms with E-state index >= 15 is 0 Å². The van der Waals surface area contributed by atoms with Gasteiger partial charge in [0, 0.05) is 44.7 Å². The van der Waals surface area contributed by atoms with Crippen LogP contribution in [0.3, 0.4) is 0 Å². The SMILES string of the molecule is Cc1ccc2cc(C(=O)N3CCN(C(=O)C(=O)N4CCOCC4)CC3)c(C)nc2c1. The first-order chi connectivity index (χ1) is 14.4. The number of rotatable bonds is 1. The lowest BCUT2D eigenvalue weighted by Gasteiger charge is -2.36. The van der Waals surface area contributed by atoms with Gasteiger partial charge in [-0.15, -0.1) is 0 Å². The third-order valence-corrected chi connectivity index (χ3v) is 5.73. The largest absolute Gasteiger partial charge is 0.378 e. The third kappa shape index (κ3) is 4.00. The Kier molecular flexibility index (Phi) is 5.67. The number of pyridine rings is 1. The topological polar surface area (TPSA) is 83.1 Å². The molecule has 4 rings (SSSR count). The molecule has 0 atom stereocenters. The predicted octanol–water partition coefficient (Wildman–Crippen LogP) is 0.995. The molecule has 1 aromatic heterocycles. The van der Waals surface area contributed by atoms with E-state index in [4.69, 9.17) is 4.74 Å². The molecular weight excluding hydrogens is 384 g/mol. The number of carbonyl (C=O) groups is 3. The summed E-state index contributed by atoms with van der Waals surface area (Å²) in [7, 11) is 0. The summed E-state index contributed by atoms with van der Waals surface area (Å²) in [5, 5.41) is 0.930. The number of aryl methyl sites for hydroxylation is 2. The summed E-state index contributed by atoms with van der Waals surface area (Å²) in [4.78, 5) is 47.5. The molecule has 0 radical (unpaired) electrons. The average Bonchev–Trinajstić information content (AvgIpc) is 2.78. The number of hydrogen-bond acceptors (Lipinski definition) is 5. The van der Waals surface area contributed by atoms with Crippen molar-refractivity contribution in [3.8, 4) is 0 Å². The number of amides is 3. The van der Waals surface area contributed by atoms with E-state index < -0.39 is 11.8 Å².